The first-order chi connectivity index (χ1) is 7.81. The van der Waals surface area contributed by atoms with E-state index in [1.165, 1.54) is 32.4 Å². The lowest BCUT2D eigenvalue weighted by Crippen LogP contribution is -2.40. The lowest BCUT2D eigenvalue weighted by atomic mass is 10.1. The molecule has 2 unspecified atom stereocenters. The third-order valence-corrected chi connectivity index (χ3v) is 3.85. The summed E-state index contributed by atoms with van der Waals surface area (Å²) in [6, 6.07) is 1.45. The number of rotatable bonds is 3. The van der Waals surface area contributed by atoms with E-state index in [0.717, 1.165) is 31.0 Å². The SMILES string of the molecule is CC1CN=C(NCC2CCN(C3CC3)C2)N1. The molecule has 3 aliphatic rings. The highest BCUT2D eigenvalue weighted by Gasteiger charge is 2.34. The molecule has 0 aromatic heterocycles. The molecule has 2 aliphatic heterocycles. The molecule has 3 rings (SSSR count). The lowest BCUT2D eigenvalue weighted by molar-refractivity contribution is 0.314. The molecule has 0 aromatic rings. The molecule has 2 fully saturated rings. The van der Waals surface area contributed by atoms with Gasteiger partial charge in [0.2, 0.25) is 0 Å². The average molecular weight is 222 g/mol. The van der Waals surface area contributed by atoms with Gasteiger partial charge in [-0.15, -0.1) is 0 Å². The van der Waals surface area contributed by atoms with Gasteiger partial charge in [0.25, 0.3) is 0 Å². The van der Waals surface area contributed by atoms with E-state index in [1.807, 2.05) is 0 Å². The molecule has 1 saturated heterocycles. The van der Waals surface area contributed by atoms with Crippen molar-refractivity contribution in [3.8, 4) is 0 Å². The average Bonchev–Trinajstić information content (AvgIpc) is 2.87. The van der Waals surface area contributed by atoms with Crippen molar-refractivity contribution in [2.75, 3.05) is 26.2 Å². The summed E-state index contributed by atoms with van der Waals surface area (Å²) in [7, 11) is 0. The maximum atomic E-state index is 4.42. The van der Waals surface area contributed by atoms with Gasteiger partial charge in [0.15, 0.2) is 5.96 Å². The Bertz CT molecular complexity index is 285. The van der Waals surface area contributed by atoms with E-state index in [-0.39, 0.29) is 0 Å². The molecule has 1 aliphatic carbocycles. The predicted octanol–water partition coefficient (Wildman–Crippen LogP) is 0.408. The van der Waals surface area contributed by atoms with Crippen molar-refractivity contribution in [2.24, 2.45) is 10.9 Å². The lowest BCUT2D eigenvalue weighted by Gasteiger charge is -2.16. The van der Waals surface area contributed by atoms with Gasteiger partial charge in [0, 0.05) is 25.2 Å². The van der Waals surface area contributed by atoms with E-state index in [0.29, 0.717) is 6.04 Å². The van der Waals surface area contributed by atoms with Gasteiger partial charge in [-0.05, 0) is 38.6 Å². The van der Waals surface area contributed by atoms with Gasteiger partial charge in [0.1, 0.15) is 0 Å². The van der Waals surface area contributed by atoms with E-state index in [4.69, 9.17) is 0 Å². The summed E-state index contributed by atoms with van der Waals surface area (Å²) >= 11 is 0. The highest BCUT2D eigenvalue weighted by Crippen LogP contribution is 2.31. The van der Waals surface area contributed by atoms with Crippen LogP contribution in [-0.2, 0) is 0 Å². The second-order valence-corrected chi connectivity index (χ2v) is 5.50. The van der Waals surface area contributed by atoms with Crippen LogP contribution in [0.4, 0.5) is 0 Å². The molecule has 4 nitrogen and oxygen atoms in total. The second-order valence-electron chi connectivity index (χ2n) is 5.50. The van der Waals surface area contributed by atoms with Crippen molar-refractivity contribution in [1.29, 1.82) is 0 Å². The number of hydrogen-bond donors (Lipinski definition) is 2. The van der Waals surface area contributed by atoms with Crippen molar-refractivity contribution in [1.82, 2.24) is 15.5 Å². The van der Waals surface area contributed by atoms with Crippen LogP contribution >= 0.6 is 0 Å². The summed E-state index contributed by atoms with van der Waals surface area (Å²) in [4.78, 5) is 7.09. The van der Waals surface area contributed by atoms with Crippen molar-refractivity contribution in [3.05, 3.63) is 0 Å². The van der Waals surface area contributed by atoms with E-state index >= 15 is 0 Å². The Morgan fingerprint density at radius 2 is 2.31 bits per heavy atom. The maximum Gasteiger partial charge on any atom is 0.191 e. The molecule has 0 radical (unpaired) electrons. The first-order valence-electron chi connectivity index (χ1n) is 6.60. The van der Waals surface area contributed by atoms with Gasteiger partial charge in [-0.1, -0.05) is 0 Å². The quantitative estimate of drug-likeness (QED) is 0.726. The molecular formula is C12H22N4. The molecule has 0 bridgehead atoms. The Morgan fingerprint density at radius 1 is 1.44 bits per heavy atom. The van der Waals surface area contributed by atoms with E-state index in [1.54, 1.807) is 0 Å². The number of hydrogen-bond acceptors (Lipinski definition) is 4. The van der Waals surface area contributed by atoms with Gasteiger partial charge in [0.05, 0.1) is 6.54 Å². The Hall–Kier alpha value is -0.770. The summed E-state index contributed by atoms with van der Waals surface area (Å²) in [6.07, 6.45) is 4.23. The number of nitrogens with zero attached hydrogens (tertiary/aromatic N) is 2. The Kier molecular flexibility index (Phi) is 2.75. The van der Waals surface area contributed by atoms with Crippen LogP contribution < -0.4 is 10.6 Å². The van der Waals surface area contributed by atoms with Crippen molar-refractivity contribution < 1.29 is 0 Å². The molecule has 90 valence electrons. The number of likely N-dealkylation sites (tertiary alicyclic amines) is 1. The predicted molar refractivity (Wildman–Crippen MR) is 65.6 cm³/mol. The Morgan fingerprint density at radius 3 is 3.00 bits per heavy atom. The fourth-order valence-electron chi connectivity index (χ4n) is 2.70. The van der Waals surface area contributed by atoms with Gasteiger partial charge < -0.3 is 15.5 Å². The van der Waals surface area contributed by atoms with E-state index in [9.17, 15) is 0 Å². The van der Waals surface area contributed by atoms with Crippen LogP contribution in [0.1, 0.15) is 26.2 Å². The van der Waals surface area contributed by atoms with E-state index < -0.39 is 0 Å². The first-order valence-corrected chi connectivity index (χ1v) is 6.60. The van der Waals surface area contributed by atoms with Gasteiger partial charge >= 0.3 is 0 Å². The molecule has 16 heavy (non-hydrogen) atoms. The minimum Gasteiger partial charge on any atom is -0.356 e. The topological polar surface area (TPSA) is 39.7 Å². The van der Waals surface area contributed by atoms with Crippen LogP contribution in [0.25, 0.3) is 0 Å². The summed E-state index contributed by atoms with van der Waals surface area (Å²) in [5, 5.41) is 6.80. The molecule has 4 heteroatoms. The minimum absolute atomic E-state index is 0.508. The van der Waals surface area contributed by atoms with Crippen molar-refractivity contribution >= 4 is 5.96 Å². The molecule has 2 heterocycles. The standard InChI is InChI=1S/C12H22N4/c1-9-6-13-12(15-9)14-7-10-4-5-16(8-10)11-2-3-11/h9-11H,2-8H2,1H3,(H2,13,14,15). The summed E-state index contributed by atoms with van der Waals surface area (Å²) in [5.41, 5.74) is 0. The molecule has 2 atom stereocenters. The highest BCUT2D eigenvalue weighted by molar-refractivity contribution is 5.81. The summed E-state index contributed by atoms with van der Waals surface area (Å²) in [6.45, 7) is 6.78. The number of guanidine groups is 1. The normalized spacial score (nSPS) is 34.9. The maximum absolute atomic E-state index is 4.42. The largest absolute Gasteiger partial charge is 0.356 e. The highest BCUT2D eigenvalue weighted by atomic mass is 15.2. The molecule has 0 aromatic carbocycles. The van der Waals surface area contributed by atoms with Gasteiger partial charge in [-0.25, -0.2) is 0 Å². The van der Waals surface area contributed by atoms with Gasteiger partial charge in [-0.3, -0.25) is 4.99 Å². The Labute approximate surface area is 97.5 Å². The summed E-state index contributed by atoms with van der Waals surface area (Å²) in [5.74, 6) is 1.83. The van der Waals surface area contributed by atoms with Crippen LogP contribution in [0.2, 0.25) is 0 Å². The monoisotopic (exact) mass is 222 g/mol. The molecule has 1 saturated carbocycles. The minimum atomic E-state index is 0.508. The van der Waals surface area contributed by atoms with Crippen LogP contribution in [0.3, 0.4) is 0 Å². The smallest absolute Gasteiger partial charge is 0.191 e. The third kappa shape index (κ3) is 2.32. The molecular weight excluding hydrogens is 200 g/mol. The zero-order valence-corrected chi connectivity index (χ0v) is 10.1. The third-order valence-electron chi connectivity index (χ3n) is 3.85. The first kappa shape index (κ1) is 10.4. The van der Waals surface area contributed by atoms with Crippen molar-refractivity contribution in [3.63, 3.8) is 0 Å². The van der Waals surface area contributed by atoms with Gasteiger partial charge in [-0.2, -0.15) is 0 Å². The fourth-order valence-corrected chi connectivity index (χ4v) is 2.70. The molecule has 0 spiro atoms. The Balaban J connectivity index is 1.39. The fraction of sp³-hybridized carbons (Fsp3) is 0.917. The molecule has 2 N–H and O–H groups in total. The number of aliphatic imine (C=N–C) groups is 1. The number of nitrogens with one attached hydrogen (secondary N) is 2. The van der Waals surface area contributed by atoms with Crippen LogP contribution in [-0.4, -0.2) is 49.1 Å². The zero-order chi connectivity index (χ0) is 11.0. The summed E-state index contributed by atoms with van der Waals surface area (Å²) < 4.78 is 0. The van der Waals surface area contributed by atoms with E-state index in [2.05, 4.69) is 27.4 Å². The van der Waals surface area contributed by atoms with Crippen molar-refractivity contribution in [2.45, 2.75) is 38.3 Å². The van der Waals surface area contributed by atoms with Crippen LogP contribution in [0.15, 0.2) is 4.99 Å². The van der Waals surface area contributed by atoms with Crippen LogP contribution in [0.5, 0.6) is 0 Å². The van der Waals surface area contributed by atoms with Crippen LogP contribution in [0, 0.1) is 5.92 Å². The second kappa shape index (κ2) is 4.24. The molecule has 0 amide bonds. The zero-order valence-electron chi connectivity index (χ0n) is 10.1.